The Morgan fingerprint density at radius 2 is 0.623 bits per heavy atom. The minimum absolute atomic E-state index is 0.000492. The van der Waals surface area contributed by atoms with Gasteiger partial charge >= 0.3 is 59.8 Å². The van der Waals surface area contributed by atoms with Crippen LogP contribution in [0.1, 0.15) is 136 Å². The van der Waals surface area contributed by atoms with Crippen molar-refractivity contribution in [1.82, 2.24) is 5.32 Å². The third-order valence-electron chi connectivity index (χ3n) is 17.9. The zero-order valence-corrected chi connectivity index (χ0v) is 64.4. The number of amides is 1. The van der Waals surface area contributed by atoms with Gasteiger partial charge in [-0.1, -0.05) is 140 Å². The van der Waals surface area contributed by atoms with Crippen LogP contribution in [0.2, 0.25) is 0 Å². The first-order valence-corrected chi connectivity index (χ1v) is 37.1. The van der Waals surface area contributed by atoms with Crippen LogP contribution in [0.4, 0.5) is 4.79 Å². The van der Waals surface area contributed by atoms with Gasteiger partial charge in [-0.2, -0.15) is 0 Å². The summed E-state index contributed by atoms with van der Waals surface area (Å²) >= 11 is 0. The van der Waals surface area contributed by atoms with Gasteiger partial charge in [0.2, 0.25) is 0 Å². The fourth-order valence-electron chi connectivity index (χ4n) is 11.8. The van der Waals surface area contributed by atoms with Gasteiger partial charge in [0.15, 0.2) is 55.5 Å². The Morgan fingerprint density at radius 1 is 0.351 bits per heavy atom. The maximum Gasteiger partial charge on any atom is 0.407 e. The summed E-state index contributed by atoms with van der Waals surface area (Å²) in [7, 11) is 0. The normalized spacial score (nSPS) is 22.1. The molecular formula is C86H93NO27. The summed E-state index contributed by atoms with van der Waals surface area (Å²) in [6.07, 6.45) is -29.5. The van der Waals surface area contributed by atoms with Crippen molar-refractivity contribution in [3.8, 4) is 0 Å². The average Bonchev–Trinajstić information content (AvgIpc) is 1.62. The summed E-state index contributed by atoms with van der Waals surface area (Å²) in [6.45, 7) is 11.1. The van der Waals surface area contributed by atoms with Crippen LogP contribution in [0.5, 0.6) is 0 Å². The molecule has 15 unspecified atom stereocenters. The van der Waals surface area contributed by atoms with Gasteiger partial charge in [0.25, 0.3) is 0 Å². The molecule has 3 aliphatic rings. The minimum atomic E-state index is -2.16. The molecule has 604 valence electrons. The second-order valence-corrected chi connectivity index (χ2v) is 30.0. The fraction of sp³-hybridized carbons (Fsp3) is 0.395. The lowest BCUT2D eigenvalue weighted by molar-refractivity contribution is -0.263. The van der Waals surface area contributed by atoms with Gasteiger partial charge in [0, 0.05) is 6.54 Å². The minimum Gasteiger partial charge on any atom is -0.462 e. The summed E-state index contributed by atoms with van der Waals surface area (Å²) in [5.41, 5.74) is -3.01. The first-order chi connectivity index (χ1) is 54.5. The van der Waals surface area contributed by atoms with E-state index in [0.29, 0.717) is 0 Å². The number of ether oxygens (including phenoxy) is 16. The van der Waals surface area contributed by atoms with E-state index in [2.05, 4.69) is 5.32 Å². The molecule has 3 aliphatic heterocycles. The Kier molecular flexibility index (Phi) is 29.5. The smallest absolute Gasteiger partial charge is 0.407 e. The first-order valence-electron chi connectivity index (χ1n) is 37.1. The van der Waals surface area contributed by atoms with Crippen molar-refractivity contribution in [1.29, 1.82) is 0 Å². The van der Waals surface area contributed by atoms with Gasteiger partial charge in [0.1, 0.15) is 63.1 Å². The largest absolute Gasteiger partial charge is 0.462 e. The lowest BCUT2D eigenvalue weighted by Crippen LogP contribution is -2.50. The van der Waals surface area contributed by atoms with E-state index in [9.17, 15) is 43.5 Å². The lowest BCUT2D eigenvalue weighted by Gasteiger charge is -2.32. The first kappa shape index (κ1) is 85.2. The Labute approximate surface area is 659 Å². The van der Waals surface area contributed by atoms with Crippen molar-refractivity contribution >= 4 is 59.8 Å². The summed E-state index contributed by atoms with van der Waals surface area (Å²) in [5, 5.41) is 14.9. The van der Waals surface area contributed by atoms with E-state index < -0.39 is 188 Å². The number of aliphatic hydroxyl groups is 1. The molecule has 0 saturated carbocycles. The van der Waals surface area contributed by atoms with Crippen molar-refractivity contribution in [2.45, 2.75) is 167 Å². The van der Waals surface area contributed by atoms with Crippen LogP contribution in [-0.4, -0.2) is 190 Å². The van der Waals surface area contributed by atoms with E-state index in [0.717, 1.165) is 5.56 Å². The third-order valence-corrected chi connectivity index (χ3v) is 17.9. The maximum absolute atomic E-state index is 15.1. The van der Waals surface area contributed by atoms with E-state index in [1.807, 2.05) is 6.07 Å². The van der Waals surface area contributed by atoms with E-state index >= 15 is 9.59 Å². The molecular weight excluding hydrogens is 1480 g/mol. The summed E-state index contributed by atoms with van der Waals surface area (Å²) in [4.78, 5) is 143. The van der Waals surface area contributed by atoms with E-state index in [4.69, 9.17) is 75.8 Å². The number of alkyl carbamates (subject to hydrolysis) is 1. The molecule has 0 aliphatic carbocycles. The van der Waals surface area contributed by atoms with Crippen molar-refractivity contribution in [3.63, 3.8) is 0 Å². The zero-order chi connectivity index (χ0) is 81.7. The lowest BCUT2D eigenvalue weighted by atomic mass is 9.97. The predicted octanol–water partition coefficient (Wildman–Crippen LogP) is 10.7. The number of benzene rings is 7. The van der Waals surface area contributed by atoms with Gasteiger partial charge in [-0.3, -0.25) is 14.4 Å². The van der Waals surface area contributed by atoms with E-state index in [-0.39, 0.29) is 59.6 Å². The molecule has 114 heavy (non-hydrogen) atoms. The monoisotopic (exact) mass is 1570 g/mol. The van der Waals surface area contributed by atoms with Crippen molar-refractivity contribution in [2.24, 2.45) is 16.2 Å². The van der Waals surface area contributed by atoms with Crippen LogP contribution in [0.3, 0.4) is 0 Å². The second-order valence-electron chi connectivity index (χ2n) is 30.0. The highest BCUT2D eigenvalue weighted by molar-refractivity contribution is 5.93. The molecule has 0 aromatic heterocycles. The highest BCUT2D eigenvalue weighted by Crippen LogP contribution is 2.41. The number of nitrogens with one attached hydrogen (secondary N) is 1. The number of hydrogen-bond donors (Lipinski definition) is 2. The second kappa shape index (κ2) is 39.5. The predicted molar refractivity (Wildman–Crippen MR) is 402 cm³/mol. The van der Waals surface area contributed by atoms with E-state index in [1.54, 1.807) is 172 Å². The Balaban J connectivity index is 1.11. The van der Waals surface area contributed by atoms with Crippen LogP contribution < -0.4 is 5.32 Å². The maximum atomic E-state index is 15.1. The highest BCUT2D eigenvalue weighted by atomic mass is 16.8. The molecule has 15 atom stereocenters. The molecule has 3 saturated heterocycles. The number of rotatable bonds is 32. The van der Waals surface area contributed by atoms with E-state index in [1.165, 1.54) is 97.1 Å². The molecule has 0 spiro atoms. The molecule has 28 nitrogen and oxygen atoms in total. The molecule has 28 heteroatoms. The van der Waals surface area contributed by atoms with Crippen molar-refractivity contribution in [3.05, 3.63) is 251 Å². The van der Waals surface area contributed by atoms with Gasteiger partial charge in [0.05, 0.1) is 56.2 Å². The van der Waals surface area contributed by atoms with Crippen molar-refractivity contribution in [2.75, 3.05) is 33.0 Å². The van der Waals surface area contributed by atoms with Crippen LogP contribution in [0, 0.1) is 16.2 Å². The molecule has 2 N–H and O–H groups in total. The Bertz CT molecular complexity index is 4350. The standard InChI is InChI=1S/C86H93NO27/c1-84(2,3)80(95)100-49-59(88)62-65(106-71(89)53-34-19-11-20-35-53)69(110-75(93)57-42-27-15-28-43-57)78(112-62)104-61(51-102-82(97)86(7,8)9)64-67(108-73(91)55-38-23-13-24-39-55)70(111-76(94)58-44-29-16-30-45-58)79(114-64)105-60(50-101-81(96)85(4,5)6)63-66(107-72(90)54-36-21-12-22-37-54)68(109-74(92)56-40-25-14-26-41-56)77(113-63)99-47-31-46-87-83(98)103-48-52-32-17-10-18-33-52/h10-30,32-45,59-70,77-79,88H,31,46-51H2,1-9H3,(H,87,98). The summed E-state index contributed by atoms with van der Waals surface area (Å²) in [6, 6.07) is 54.7. The average molecular weight is 1570 g/mol. The van der Waals surface area contributed by atoms with Crippen LogP contribution in [-0.2, 0) is 96.8 Å². The topological polar surface area (TPSA) is 351 Å². The molecule has 1 amide bonds. The Hall–Kier alpha value is -11.2. The van der Waals surface area contributed by atoms with Gasteiger partial charge in [-0.25, -0.2) is 33.6 Å². The number of hydrogen-bond acceptors (Lipinski definition) is 27. The van der Waals surface area contributed by atoms with Crippen LogP contribution in [0.25, 0.3) is 0 Å². The zero-order valence-electron chi connectivity index (χ0n) is 64.4. The SMILES string of the molecule is CC(C)(C)C(=O)OCC(O)C1OC(OC(COC(=O)C(C)(C)C)C2OC(OC(COC(=O)C(C)(C)C)C3OC(OCCCNC(=O)OCc4ccccc4)C(OC(=O)c4ccccc4)C3OC(=O)c3ccccc3)C(OC(=O)c3ccccc3)C2OC(=O)c2ccccc2)C(OC(=O)c2ccccc2)C1OC(=O)c1ccccc1. The third kappa shape index (κ3) is 23.5. The fourth-order valence-corrected chi connectivity index (χ4v) is 11.8. The van der Waals surface area contributed by atoms with Gasteiger partial charge in [-0.15, -0.1) is 0 Å². The molecule has 0 radical (unpaired) electrons. The molecule has 0 bridgehead atoms. The molecule has 3 heterocycles. The van der Waals surface area contributed by atoms with Gasteiger partial charge < -0.3 is 86.2 Å². The summed E-state index contributed by atoms with van der Waals surface area (Å²) < 4.78 is 102. The van der Waals surface area contributed by atoms with Crippen molar-refractivity contribution < 1.29 is 129 Å². The molecule has 10 rings (SSSR count). The molecule has 3 fully saturated rings. The van der Waals surface area contributed by atoms with Gasteiger partial charge in [-0.05, 0) is 147 Å². The highest BCUT2D eigenvalue weighted by Gasteiger charge is 2.61. The number of aliphatic hydroxyl groups excluding tert-OH is 1. The molecule has 7 aromatic carbocycles. The van der Waals surface area contributed by atoms with Crippen LogP contribution >= 0.6 is 0 Å². The number of carbonyl (C=O) groups excluding carboxylic acids is 10. The quantitative estimate of drug-likeness (QED) is 0.0225. The number of carbonyl (C=O) groups is 10. The number of esters is 9. The van der Waals surface area contributed by atoms with Crippen LogP contribution in [0.15, 0.2) is 212 Å². The summed E-state index contributed by atoms with van der Waals surface area (Å²) in [5.74, 6) is -8.63. The Morgan fingerprint density at radius 3 is 0.947 bits per heavy atom. The molecule has 7 aromatic rings.